The van der Waals surface area contributed by atoms with Crippen molar-refractivity contribution in [2.75, 3.05) is 5.32 Å². The van der Waals surface area contributed by atoms with Crippen molar-refractivity contribution in [2.45, 2.75) is 6.54 Å². The highest BCUT2D eigenvalue weighted by atomic mass is 32.1. The summed E-state index contributed by atoms with van der Waals surface area (Å²) in [4.78, 5) is 4.39. The molecule has 0 bridgehead atoms. The lowest BCUT2D eigenvalue weighted by atomic mass is 10.1. The summed E-state index contributed by atoms with van der Waals surface area (Å²) in [6, 6.07) is 14.1. The Labute approximate surface area is 119 Å². The van der Waals surface area contributed by atoms with Crippen molar-refractivity contribution in [1.82, 2.24) is 4.98 Å². The fourth-order valence-electron chi connectivity index (χ4n) is 1.90. The number of nitrogens with one attached hydrogen (secondary N) is 1. The van der Waals surface area contributed by atoms with E-state index in [-0.39, 0.29) is 5.82 Å². The third-order valence-electron chi connectivity index (χ3n) is 2.85. The quantitative estimate of drug-likeness (QED) is 0.792. The number of aromatic nitrogens is 1. The molecule has 3 rings (SSSR count). The predicted octanol–water partition coefficient (Wildman–Crippen LogP) is 3.92. The topological polar surface area (TPSA) is 48.7 Å². The summed E-state index contributed by atoms with van der Waals surface area (Å²) in [6.45, 7) is 0.581. The summed E-state index contributed by atoms with van der Waals surface area (Å²) in [5.74, 6) is -0.255. The molecule has 5 heteroatoms. The van der Waals surface area contributed by atoms with E-state index < -0.39 is 0 Å². The number of hydrogen-bond donors (Lipinski definition) is 1. The van der Waals surface area contributed by atoms with Crippen molar-refractivity contribution in [3.05, 3.63) is 59.4 Å². The zero-order valence-corrected chi connectivity index (χ0v) is 11.2. The lowest BCUT2D eigenvalue weighted by Crippen LogP contribution is -1.98. The van der Waals surface area contributed by atoms with Crippen LogP contribution in [0.2, 0.25) is 0 Å². The number of fused-ring (bicyclic) bond motifs is 1. The van der Waals surface area contributed by atoms with Gasteiger partial charge in [-0.05, 0) is 35.9 Å². The van der Waals surface area contributed by atoms with E-state index in [4.69, 9.17) is 5.26 Å². The van der Waals surface area contributed by atoms with E-state index in [9.17, 15) is 4.39 Å². The number of halogens is 1. The van der Waals surface area contributed by atoms with Crippen molar-refractivity contribution >= 4 is 26.7 Å². The number of nitrogens with zero attached hydrogens (tertiary/aromatic N) is 2. The lowest BCUT2D eigenvalue weighted by Gasteiger charge is -2.02. The van der Waals surface area contributed by atoms with E-state index in [1.54, 1.807) is 12.1 Å². The van der Waals surface area contributed by atoms with Gasteiger partial charge in [0, 0.05) is 6.54 Å². The van der Waals surface area contributed by atoms with E-state index in [2.05, 4.69) is 16.4 Å². The zero-order chi connectivity index (χ0) is 13.9. The van der Waals surface area contributed by atoms with Gasteiger partial charge in [0.25, 0.3) is 0 Å². The lowest BCUT2D eigenvalue weighted by molar-refractivity contribution is 0.630. The Morgan fingerprint density at radius 2 is 2.15 bits per heavy atom. The third-order valence-corrected chi connectivity index (χ3v) is 3.83. The maximum atomic E-state index is 13.1. The van der Waals surface area contributed by atoms with Gasteiger partial charge in [-0.15, -0.1) is 0 Å². The third kappa shape index (κ3) is 2.60. The molecule has 0 aliphatic heterocycles. The maximum absolute atomic E-state index is 13.1. The van der Waals surface area contributed by atoms with Gasteiger partial charge >= 0.3 is 0 Å². The minimum atomic E-state index is -0.255. The molecule has 0 fully saturated rings. The Morgan fingerprint density at radius 1 is 1.25 bits per heavy atom. The van der Waals surface area contributed by atoms with Crippen LogP contribution in [0.25, 0.3) is 10.2 Å². The molecule has 1 N–H and O–H groups in total. The van der Waals surface area contributed by atoms with Crippen LogP contribution in [0.4, 0.5) is 9.52 Å². The molecule has 3 nitrogen and oxygen atoms in total. The molecule has 0 aliphatic rings. The molecular formula is C15H10FN3S. The molecule has 0 atom stereocenters. The summed E-state index contributed by atoms with van der Waals surface area (Å²) < 4.78 is 13.9. The second-order valence-electron chi connectivity index (χ2n) is 4.30. The van der Waals surface area contributed by atoms with Crippen molar-refractivity contribution in [3.63, 3.8) is 0 Å². The fourth-order valence-corrected chi connectivity index (χ4v) is 2.79. The molecule has 98 valence electrons. The zero-order valence-electron chi connectivity index (χ0n) is 10.4. The summed E-state index contributed by atoms with van der Waals surface area (Å²) >= 11 is 1.41. The minimum Gasteiger partial charge on any atom is -0.357 e. The van der Waals surface area contributed by atoms with Crippen LogP contribution in [0.5, 0.6) is 0 Å². The highest BCUT2D eigenvalue weighted by Gasteiger charge is 2.04. The first kappa shape index (κ1) is 12.6. The molecule has 0 aliphatic carbocycles. The largest absolute Gasteiger partial charge is 0.357 e. The number of nitriles is 1. The van der Waals surface area contributed by atoms with Crippen molar-refractivity contribution in [3.8, 4) is 6.07 Å². The van der Waals surface area contributed by atoms with Gasteiger partial charge in [0.2, 0.25) is 0 Å². The standard InChI is InChI=1S/C15H10FN3S/c16-12-4-5-13-14(7-12)20-15(19-13)18-9-11-3-1-2-10(6-11)8-17/h1-7H,9H2,(H,18,19). The van der Waals surface area contributed by atoms with Crippen LogP contribution in [-0.2, 0) is 6.54 Å². The van der Waals surface area contributed by atoms with Crippen LogP contribution in [0.3, 0.4) is 0 Å². The van der Waals surface area contributed by atoms with E-state index in [0.717, 1.165) is 20.9 Å². The summed E-state index contributed by atoms with van der Waals surface area (Å²) in [6.07, 6.45) is 0. The molecule has 0 spiro atoms. The number of anilines is 1. The normalized spacial score (nSPS) is 10.4. The Morgan fingerprint density at radius 3 is 3.00 bits per heavy atom. The molecular weight excluding hydrogens is 273 g/mol. The summed E-state index contributed by atoms with van der Waals surface area (Å²) in [7, 11) is 0. The number of hydrogen-bond acceptors (Lipinski definition) is 4. The summed E-state index contributed by atoms with van der Waals surface area (Å²) in [5.41, 5.74) is 2.43. The molecule has 0 amide bonds. The molecule has 3 aromatic rings. The molecule has 1 aromatic heterocycles. The summed E-state index contributed by atoms with van der Waals surface area (Å²) in [5, 5.41) is 12.8. The average molecular weight is 283 g/mol. The van der Waals surface area contributed by atoms with Crippen LogP contribution in [0.1, 0.15) is 11.1 Å². The number of rotatable bonds is 3. The van der Waals surface area contributed by atoms with Gasteiger partial charge in [-0.25, -0.2) is 9.37 Å². The van der Waals surface area contributed by atoms with Crippen molar-refractivity contribution < 1.29 is 4.39 Å². The molecule has 2 aromatic carbocycles. The van der Waals surface area contributed by atoms with E-state index in [0.29, 0.717) is 12.1 Å². The van der Waals surface area contributed by atoms with E-state index >= 15 is 0 Å². The highest BCUT2D eigenvalue weighted by molar-refractivity contribution is 7.22. The van der Waals surface area contributed by atoms with Crippen molar-refractivity contribution in [2.24, 2.45) is 0 Å². The first-order valence-corrected chi connectivity index (χ1v) is 6.85. The van der Waals surface area contributed by atoms with Crippen LogP contribution < -0.4 is 5.32 Å². The van der Waals surface area contributed by atoms with Gasteiger partial charge in [0.05, 0.1) is 21.8 Å². The van der Waals surface area contributed by atoms with Crippen LogP contribution in [0, 0.1) is 17.1 Å². The molecule has 1 heterocycles. The molecule has 0 saturated carbocycles. The van der Waals surface area contributed by atoms with Crippen molar-refractivity contribution in [1.29, 1.82) is 5.26 Å². The Kier molecular flexibility index (Phi) is 3.32. The smallest absolute Gasteiger partial charge is 0.184 e. The Balaban J connectivity index is 1.78. The molecule has 20 heavy (non-hydrogen) atoms. The van der Waals surface area contributed by atoms with Gasteiger partial charge in [0.15, 0.2) is 5.13 Å². The molecule has 0 saturated heterocycles. The first-order chi connectivity index (χ1) is 9.74. The van der Waals surface area contributed by atoms with Gasteiger partial charge in [-0.2, -0.15) is 5.26 Å². The average Bonchev–Trinajstić information content (AvgIpc) is 2.87. The Bertz CT molecular complexity index is 804. The second kappa shape index (κ2) is 5.27. The molecule has 0 unspecified atom stereocenters. The van der Waals surface area contributed by atoms with E-state index in [1.807, 2.05) is 18.2 Å². The maximum Gasteiger partial charge on any atom is 0.184 e. The minimum absolute atomic E-state index is 0.255. The van der Waals surface area contributed by atoms with Crippen LogP contribution in [-0.4, -0.2) is 4.98 Å². The van der Waals surface area contributed by atoms with Gasteiger partial charge in [0.1, 0.15) is 5.82 Å². The number of thiazole rings is 1. The highest BCUT2D eigenvalue weighted by Crippen LogP contribution is 2.26. The Hall–Kier alpha value is -2.45. The van der Waals surface area contributed by atoms with Gasteiger partial charge in [-0.3, -0.25) is 0 Å². The fraction of sp³-hybridized carbons (Fsp3) is 0.0667. The second-order valence-corrected chi connectivity index (χ2v) is 5.33. The van der Waals surface area contributed by atoms with E-state index in [1.165, 1.54) is 23.5 Å². The molecule has 0 radical (unpaired) electrons. The monoisotopic (exact) mass is 283 g/mol. The van der Waals surface area contributed by atoms with Crippen LogP contribution in [0.15, 0.2) is 42.5 Å². The predicted molar refractivity (Wildman–Crippen MR) is 78.1 cm³/mol. The first-order valence-electron chi connectivity index (χ1n) is 6.03. The van der Waals surface area contributed by atoms with Gasteiger partial charge in [-0.1, -0.05) is 23.5 Å². The SMILES string of the molecule is N#Cc1cccc(CNc2nc3ccc(F)cc3s2)c1. The number of benzene rings is 2. The van der Waals surface area contributed by atoms with Gasteiger partial charge < -0.3 is 5.32 Å². The van der Waals surface area contributed by atoms with Crippen LogP contribution >= 0.6 is 11.3 Å².